The Morgan fingerprint density at radius 2 is 2.00 bits per heavy atom. The van der Waals surface area contributed by atoms with E-state index in [-0.39, 0.29) is 29.1 Å². The number of ether oxygens (including phenoxy) is 1. The van der Waals surface area contributed by atoms with Gasteiger partial charge in [-0.15, -0.1) is 0 Å². The number of pyridine rings is 2. The van der Waals surface area contributed by atoms with Gasteiger partial charge in [0.05, 0.1) is 25.0 Å². The third-order valence-electron chi connectivity index (χ3n) is 6.44. The lowest BCUT2D eigenvalue weighted by Gasteiger charge is -2.43. The molecule has 3 aliphatic heterocycles. The molecular formula is C22H26N4O4. The Balaban J connectivity index is 1.37. The van der Waals surface area contributed by atoms with Crippen LogP contribution in [0.3, 0.4) is 0 Å². The lowest BCUT2D eigenvalue weighted by molar-refractivity contribution is 0.0338. The van der Waals surface area contributed by atoms with Crippen LogP contribution in [0.15, 0.2) is 35.4 Å². The average Bonchev–Trinajstić information content (AvgIpc) is 2.76. The van der Waals surface area contributed by atoms with Crippen molar-refractivity contribution in [3.8, 4) is 5.75 Å². The van der Waals surface area contributed by atoms with E-state index in [0.29, 0.717) is 31.7 Å². The van der Waals surface area contributed by atoms with Gasteiger partial charge in [0.15, 0.2) is 0 Å². The van der Waals surface area contributed by atoms with Crippen LogP contribution in [0.25, 0.3) is 0 Å². The van der Waals surface area contributed by atoms with Crippen molar-refractivity contribution in [2.75, 3.05) is 39.4 Å². The molecule has 8 heteroatoms. The first-order valence-corrected chi connectivity index (χ1v) is 10.5. The van der Waals surface area contributed by atoms with Crippen molar-refractivity contribution in [2.45, 2.75) is 25.4 Å². The molecule has 2 aromatic heterocycles. The summed E-state index contributed by atoms with van der Waals surface area (Å²) in [6.07, 6.45) is 3.80. The second-order valence-electron chi connectivity index (χ2n) is 8.53. The van der Waals surface area contributed by atoms with Crippen molar-refractivity contribution < 1.29 is 14.6 Å². The second-order valence-corrected chi connectivity index (χ2v) is 8.53. The van der Waals surface area contributed by atoms with Gasteiger partial charge in [0.25, 0.3) is 11.5 Å². The number of aromatic hydroxyl groups is 1. The van der Waals surface area contributed by atoms with Gasteiger partial charge in [-0.3, -0.25) is 19.5 Å². The van der Waals surface area contributed by atoms with E-state index in [9.17, 15) is 14.7 Å². The van der Waals surface area contributed by atoms with Gasteiger partial charge < -0.3 is 19.3 Å². The van der Waals surface area contributed by atoms with Crippen molar-refractivity contribution in [1.29, 1.82) is 0 Å². The van der Waals surface area contributed by atoms with E-state index in [1.165, 1.54) is 18.5 Å². The number of hydrogen-bond donors (Lipinski definition) is 1. The van der Waals surface area contributed by atoms with E-state index in [4.69, 9.17) is 4.74 Å². The van der Waals surface area contributed by atoms with Crippen LogP contribution in [0, 0.1) is 5.92 Å². The number of likely N-dealkylation sites (tertiary alicyclic amines) is 1. The Kier molecular flexibility index (Phi) is 5.04. The normalized spacial score (nSPS) is 23.8. The summed E-state index contributed by atoms with van der Waals surface area (Å²) in [5, 5.41) is 9.64. The fraction of sp³-hybridized carbons (Fsp3) is 0.500. The largest absolute Gasteiger partial charge is 0.506 e. The number of hydrogen-bond acceptors (Lipinski definition) is 6. The van der Waals surface area contributed by atoms with Crippen molar-refractivity contribution in [1.82, 2.24) is 19.4 Å². The number of aromatic nitrogens is 2. The lowest BCUT2D eigenvalue weighted by Crippen LogP contribution is -2.49. The predicted molar refractivity (Wildman–Crippen MR) is 109 cm³/mol. The van der Waals surface area contributed by atoms with Crippen LogP contribution in [0.2, 0.25) is 0 Å². The summed E-state index contributed by atoms with van der Waals surface area (Å²) >= 11 is 0. The van der Waals surface area contributed by atoms with E-state index < -0.39 is 0 Å². The molecule has 0 saturated carbocycles. The number of piperidine rings is 1. The number of carbonyl (C=O) groups excluding carboxylic acids is 1. The molecule has 5 heterocycles. The molecule has 2 atom stereocenters. The maximum absolute atomic E-state index is 13.2. The minimum Gasteiger partial charge on any atom is -0.506 e. The maximum Gasteiger partial charge on any atom is 0.255 e. The molecule has 0 aliphatic carbocycles. The van der Waals surface area contributed by atoms with Crippen LogP contribution in [-0.4, -0.2) is 69.8 Å². The Labute approximate surface area is 174 Å². The Morgan fingerprint density at radius 3 is 2.80 bits per heavy atom. The molecule has 0 spiro atoms. The first-order valence-electron chi connectivity index (χ1n) is 10.5. The Hall–Kier alpha value is -2.71. The van der Waals surface area contributed by atoms with Gasteiger partial charge in [-0.1, -0.05) is 6.07 Å². The molecule has 1 amide bonds. The van der Waals surface area contributed by atoms with Crippen LogP contribution in [0.1, 0.15) is 34.0 Å². The molecule has 8 nitrogen and oxygen atoms in total. The molecule has 1 N–H and O–H groups in total. The van der Waals surface area contributed by atoms with Crippen LogP contribution in [-0.2, 0) is 17.8 Å². The second kappa shape index (κ2) is 7.85. The molecule has 158 valence electrons. The van der Waals surface area contributed by atoms with Gasteiger partial charge in [-0.2, -0.15) is 0 Å². The molecule has 2 saturated heterocycles. The van der Waals surface area contributed by atoms with E-state index in [2.05, 4.69) is 16.0 Å². The first-order chi connectivity index (χ1) is 14.6. The maximum atomic E-state index is 13.2. The Bertz CT molecular complexity index is 1010. The predicted octanol–water partition coefficient (Wildman–Crippen LogP) is 1.04. The number of fused-ring (bicyclic) bond motifs is 4. The quantitative estimate of drug-likeness (QED) is 0.814. The van der Waals surface area contributed by atoms with Gasteiger partial charge in [0.2, 0.25) is 0 Å². The standard InChI is InChI=1S/C22H26N4O4/c27-19-8-17(9-23-10-19)21(28)25-11-15-7-18(14-25)20-2-1-16(22(29)26(20)12-15)13-24-3-5-30-6-4-24/h1-2,8-10,15,18,27H,3-7,11-14H2/t15-,18+/m0/s1. The molecule has 2 fully saturated rings. The van der Waals surface area contributed by atoms with Crippen molar-refractivity contribution in [3.05, 3.63) is 57.8 Å². The number of carbonyl (C=O) groups is 1. The molecule has 3 aliphatic rings. The van der Waals surface area contributed by atoms with Gasteiger partial charge in [-0.25, -0.2) is 0 Å². The van der Waals surface area contributed by atoms with Crippen LogP contribution in [0.4, 0.5) is 0 Å². The van der Waals surface area contributed by atoms with E-state index in [0.717, 1.165) is 44.0 Å². The Morgan fingerprint density at radius 1 is 1.17 bits per heavy atom. The minimum atomic E-state index is -0.118. The van der Waals surface area contributed by atoms with E-state index in [1.807, 2.05) is 15.5 Å². The lowest BCUT2D eigenvalue weighted by atomic mass is 9.82. The SMILES string of the molecule is O=C(c1cncc(O)c1)N1C[C@@H]2C[C@H](C1)c1ccc(CN3CCOCC3)c(=O)n1C2. The van der Waals surface area contributed by atoms with Gasteiger partial charge in [0.1, 0.15) is 5.75 Å². The van der Waals surface area contributed by atoms with Crippen LogP contribution in [0.5, 0.6) is 5.75 Å². The van der Waals surface area contributed by atoms with Gasteiger partial charge in [0, 0.05) is 62.6 Å². The third kappa shape index (κ3) is 3.61. The minimum absolute atomic E-state index is 0.0113. The molecule has 5 rings (SSSR count). The monoisotopic (exact) mass is 410 g/mol. The summed E-state index contributed by atoms with van der Waals surface area (Å²) in [5.41, 5.74) is 2.35. The molecule has 30 heavy (non-hydrogen) atoms. The number of morpholine rings is 1. The van der Waals surface area contributed by atoms with E-state index in [1.54, 1.807) is 0 Å². The highest BCUT2D eigenvalue weighted by Crippen LogP contribution is 2.35. The van der Waals surface area contributed by atoms with Gasteiger partial charge >= 0.3 is 0 Å². The highest BCUT2D eigenvalue weighted by molar-refractivity contribution is 5.94. The molecule has 2 aromatic rings. The summed E-state index contributed by atoms with van der Waals surface area (Å²) in [7, 11) is 0. The fourth-order valence-corrected chi connectivity index (χ4v) is 5.00. The zero-order chi connectivity index (χ0) is 20.7. The summed E-state index contributed by atoms with van der Waals surface area (Å²) < 4.78 is 7.34. The van der Waals surface area contributed by atoms with Crippen molar-refractivity contribution >= 4 is 5.91 Å². The van der Waals surface area contributed by atoms with E-state index >= 15 is 0 Å². The summed E-state index contributed by atoms with van der Waals surface area (Å²) in [6.45, 7) is 5.64. The summed E-state index contributed by atoms with van der Waals surface area (Å²) in [6, 6.07) is 5.49. The van der Waals surface area contributed by atoms with Crippen molar-refractivity contribution in [2.24, 2.45) is 5.92 Å². The molecule has 0 unspecified atom stereocenters. The topological polar surface area (TPSA) is 87.9 Å². The molecule has 0 radical (unpaired) electrons. The summed E-state index contributed by atoms with van der Waals surface area (Å²) in [5.74, 6) is 0.272. The molecular weight excluding hydrogens is 384 g/mol. The highest BCUT2D eigenvalue weighted by Gasteiger charge is 2.37. The van der Waals surface area contributed by atoms with Gasteiger partial charge in [-0.05, 0) is 24.5 Å². The average molecular weight is 410 g/mol. The zero-order valence-corrected chi connectivity index (χ0v) is 16.9. The van der Waals surface area contributed by atoms with Crippen LogP contribution < -0.4 is 5.56 Å². The number of nitrogens with zero attached hydrogens (tertiary/aromatic N) is 4. The molecule has 0 aromatic carbocycles. The smallest absolute Gasteiger partial charge is 0.255 e. The molecule has 2 bridgehead atoms. The third-order valence-corrected chi connectivity index (χ3v) is 6.44. The highest BCUT2D eigenvalue weighted by atomic mass is 16.5. The fourth-order valence-electron chi connectivity index (χ4n) is 5.00. The number of rotatable bonds is 3. The first kappa shape index (κ1) is 19.3. The zero-order valence-electron chi connectivity index (χ0n) is 16.9. The van der Waals surface area contributed by atoms with Crippen molar-refractivity contribution in [3.63, 3.8) is 0 Å². The number of amides is 1. The summed E-state index contributed by atoms with van der Waals surface area (Å²) in [4.78, 5) is 34.1. The van der Waals surface area contributed by atoms with Crippen LogP contribution >= 0.6 is 0 Å².